The molecule has 29 heavy (non-hydrogen) atoms. The van der Waals surface area contributed by atoms with Gasteiger partial charge < -0.3 is 5.11 Å². The summed E-state index contributed by atoms with van der Waals surface area (Å²) in [7, 11) is -3.80. The summed E-state index contributed by atoms with van der Waals surface area (Å²) in [5.74, 6) is -1.05. The van der Waals surface area contributed by atoms with E-state index in [1.165, 1.54) is 24.3 Å². The first-order valence-electron chi connectivity index (χ1n) is 10.3. The quantitative estimate of drug-likeness (QED) is 0.739. The van der Waals surface area contributed by atoms with Gasteiger partial charge in [-0.05, 0) is 81.3 Å². The largest absolute Gasteiger partial charge is 0.478 e. The molecule has 6 nitrogen and oxygen atoms in total. The minimum absolute atomic E-state index is 0.0908. The Morgan fingerprint density at radius 1 is 1.17 bits per heavy atom. The van der Waals surface area contributed by atoms with Gasteiger partial charge in [-0.1, -0.05) is 6.08 Å². The number of aliphatic carboxylic acids is 1. The van der Waals surface area contributed by atoms with Gasteiger partial charge in [0.1, 0.15) is 5.82 Å². The molecule has 1 aromatic carbocycles. The van der Waals surface area contributed by atoms with Crippen molar-refractivity contribution < 1.29 is 22.7 Å². The molecule has 0 aromatic heterocycles. The van der Waals surface area contributed by atoms with Crippen molar-refractivity contribution in [3.8, 4) is 0 Å². The van der Waals surface area contributed by atoms with Crippen molar-refractivity contribution in [1.82, 2.24) is 9.21 Å². The third kappa shape index (κ3) is 3.98. The third-order valence-electron chi connectivity index (χ3n) is 6.68. The molecule has 3 heterocycles. The lowest BCUT2D eigenvalue weighted by atomic mass is 9.70. The van der Waals surface area contributed by atoms with Crippen LogP contribution >= 0.6 is 0 Å². The molecule has 3 aliphatic heterocycles. The summed E-state index contributed by atoms with van der Waals surface area (Å²) in [6, 6.07) is 5.04. The maximum Gasteiger partial charge on any atom is 0.327 e. The smallest absolute Gasteiger partial charge is 0.327 e. The Bertz CT molecular complexity index is 884. The lowest BCUT2D eigenvalue weighted by Gasteiger charge is -2.56. The van der Waals surface area contributed by atoms with E-state index in [0.29, 0.717) is 19.0 Å². The van der Waals surface area contributed by atoms with Gasteiger partial charge in [0.05, 0.1) is 4.90 Å². The zero-order valence-electron chi connectivity index (χ0n) is 16.3. The lowest BCUT2D eigenvalue weighted by molar-refractivity contribution is -0.131. The molecule has 0 bridgehead atoms. The van der Waals surface area contributed by atoms with E-state index in [-0.39, 0.29) is 22.8 Å². The lowest BCUT2D eigenvalue weighted by Crippen LogP contribution is -2.65. The fourth-order valence-corrected chi connectivity index (χ4v) is 7.31. The Morgan fingerprint density at radius 2 is 1.86 bits per heavy atom. The van der Waals surface area contributed by atoms with Crippen molar-refractivity contribution in [1.29, 1.82) is 0 Å². The molecule has 0 radical (unpaired) electrons. The van der Waals surface area contributed by atoms with E-state index in [4.69, 9.17) is 5.11 Å². The van der Waals surface area contributed by atoms with E-state index < -0.39 is 21.8 Å². The van der Waals surface area contributed by atoms with Crippen molar-refractivity contribution in [3.05, 3.63) is 42.2 Å². The first-order chi connectivity index (χ1) is 13.9. The molecule has 0 unspecified atom stereocenters. The summed E-state index contributed by atoms with van der Waals surface area (Å²) >= 11 is 0. The number of sulfonamides is 1. The molecule has 1 aromatic rings. The van der Waals surface area contributed by atoms with Gasteiger partial charge in [-0.25, -0.2) is 17.6 Å². The molecule has 8 heteroatoms. The van der Waals surface area contributed by atoms with E-state index in [9.17, 15) is 17.6 Å². The predicted molar refractivity (Wildman–Crippen MR) is 106 cm³/mol. The van der Waals surface area contributed by atoms with Crippen LogP contribution in [-0.4, -0.2) is 60.4 Å². The van der Waals surface area contributed by atoms with Crippen LogP contribution in [0.15, 0.2) is 41.3 Å². The number of carbonyl (C=O) groups is 1. The Kier molecular flexibility index (Phi) is 5.77. The van der Waals surface area contributed by atoms with Crippen LogP contribution in [0, 0.1) is 17.7 Å². The van der Waals surface area contributed by atoms with Gasteiger partial charge in [0.25, 0.3) is 0 Å². The Hall–Kier alpha value is -1.77. The Morgan fingerprint density at radius 3 is 2.55 bits per heavy atom. The van der Waals surface area contributed by atoms with Crippen molar-refractivity contribution in [2.24, 2.45) is 11.8 Å². The molecule has 0 spiro atoms. The molecule has 1 N–H and O–H groups in total. The van der Waals surface area contributed by atoms with Crippen LogP contribution in [0.3, 0.4) is 0 Å². The van der Waals surface area contributed by atoms with Gasteiger partial charge in [-0.15, -0.1) is 0 Å². The molecule has 4 atom stereocenters. The Labute approximate surface area is 171 Å². The van der Waals surface area contributed by atoms with Crippen molar-refractivity contribution >= 4 is 16.0 Å². The summed E-state index contributed by atoms with van der Waals surface area (Å²) in [4.78, 5) is 13.6. The summed E-state index contributed by atoms with van der Waals surface area (Å²) in [6.45, 7) is 2.54. The van der Waals surface area contributed by atoms with E-state index in [0.717, 1.165) is 44.8 Å². The van der Waals surface area contributed by atoms with Crippen LogP contribution < -0.4 is 0 Å². The van der Waals surface area contributed by atoms with E-state index in [2.05, 4.69) is 4.90 Å². The van der Waals surface area contributed by atoms with E-state index >= 15 is 0 Å². The molecule has 0 aliphatic carbocycles. The van der Waals surface area contributed by atoms with Crippen LogP contribution in [0.4, 0.5) is 4.39 Å². The van der Waals surface area contributed by atoms with Crippen LogP contribution in [0.5, 0.6) is 0 Å². The number of hydrogen-bond acceptors (Lipinski definition) is 4. The van der Waals surface area contributed by atoms with Gasteiger partial charge in [0, 0.05) is 24.7 Å². The minimum atomic E-state index is -3.80. The van der Waals surface area contributed by atoms with Crippen LogP contribution in [0.2, 0.25) is 0 Å². The van der Waals surface area contributed by atoms with E-state index in [1.807, 2.05) is 0 Å². The van der Waals surface area contributed by atoms with Crippen molar-refractivity contribution in [2.75, 3.05) is 19.6 Å². The fourth-order valence-electron chi connectivity index (χ4n) is 5.57. The maximum absolute atomic E-state index is 13.5. The minimum Gasteiger partial charge on any atom is -0.478 e. The van der Waals surface area contributed by atoms with Crippen molar-refractivity contribution in [2.45, 2.75) is 49.1 Å². The highest BCUT2D eigenvalue weighted by Gasteiger charge is 2.51. The zero-order valence-corrected chi connectivity index (χ0v) is 17.1. The molecule has 4 rings (SSSR count). The highest BCUT2D eigenvalue weighted by Crippen LogP contribution is 2.44. The second-order valence-corrected chi connectivity index (χ2v) is 10.2. The van der Waals surface area contributed by atoms with Gasteiger partial charge in [0.15, 0.2) is 0 Å². The summed E-state index contributed by atoms with van der Waals surface area (Å²) in [5, 5.41) is 8.97. The number of halogens is 1. The second kappa shape index (κ2) is 8.16. The average Bonchev–Trinajstić information content (AvgIpc) is 2.69. The number of rotatable bonds is 5. The van der Waals surface area contributed by atoms with Crippen LogP contribution in [0.25, 0.3) is 0 Å². The topological polar surface area (TPSA) is 77.9 Å². The molecular formula is C21H27FN2O4S. The second-order valence-electron chi connectivity index (χ2n) is 8.31. The van der Waals surface area contributed by atoms with Gasteiger partial charge in [0.2, 0.25) is 10.0 Å². The molecule has 158 valence electrons. The third-order valence-corrected chi connectivity index (χ3v) is 8.59. The molecular weight excluding hydrogens is 395 g/mol. The molecule has 3 aliphatic rings. The van der Waals surface area contributed by atoms with E-state index in [1.54, 1.807) is 10.4 Å². The molecule has 0 amide bonds. The normalized spacial score (nSPS) is 30.9. The summed E-state index contributed by atoms with van der Waals surface area (Å²) in [5.41, 5.74) is 0. The van der Waals surface area contributed by atoms with Gasteiger partial charge in [-0.3, -0.25) is 4.90 Å². The number of piperidine rings is 3. The zero-order chi connectivity index (χ0) is 20.6. The standard InChI is InChI=1S/C21H27FN2O4S/c22-16-8-10-17(11-9-16)29(27,28)24-14-15-4-2-12-23-13-3-5-18(21(15)23)19(24)6-1-7-20(25)26/h1,7-11,15,18-19,21H,2-6,12-14H2,(H,25,26)/b7-1+/t15-,18+,19+,21-/m0/s1. The molecule has 3 fully saturated rings. The predicted octanol–water partition coefficient (Wildman–Crippen LogP) is 2.72. The summed E-state index contributed by atoms with van der Waals surface area (Å²) < 4.78 is 41.9. The average molecular weight is 423 g/mol. The summed E-state index contributed by atoms with van der Waals surface area (Å²) in [6.07, 6.45) is 7.08. The Balaban J connectivity index is 1.71. The highest BCUT2D eigenvalue weighted by molar-refractivity contribution is 7.89. The number of hydrogen-bond donors (Lipinski definition) is 1. The molecule has 3 saturated heterocycles. The number of carboxylic acids is 1. The number of carboxylic acid groups (broad SMARTS) is 1. The fraction of sp³-hybridized carbons (Fsp3) is 0.571. The van der Waals surface area contributed by atoms with Crippen molar-refractivity contribution in [3.63, 3.8) is 0 Å². The SMILES string of the molecule is O=C(O)/C=C/C[C@@H]1[C@H]2CCCN3CCC[C@@H](CN1S(=O)(=O)c1ccc(F)cc1)[C@@H]23. The highest BCUT2D eigenvalue weighted by atomic mass is 32.2. The number of nitrogens with zero attached hydrogens (tertiary/aromatic N) is 2. The monoisotopic (exact) mass is 422 g/mol. The first-order valence-corrected chi connectivity index (χ1v) is 11.7. The first kappa shape index (κ1) is 20.5. The van der Waals surface area contributed by atoms with Crippen LogP contribution in [0.1, 0.15) is 32.1 Å². The molecule has 0 saturated carbocycles. The number of benzene rings is 1. The maximum atomic E-state index is 13.5. The van der Waals surface area contributed by atoms with Crippen LogP contribution in [-0.2, 0) is 14.8 Å². The van der Waals surface area contributed by atoms with Gasteiger partial charge in [-0.2, -0.15) is 4.31 Å². The van der Waals surface area contributed by atoms with Gasteiger partial charge >= 0.3 is 5.97 Å².